The molecule has 0 aliphatic carbocycles. The van der Waals surface area contributed by atoms with Crippen LogP contribution in [0.15, 0.2) is 66.9 Å². The SMILES string of the molecule is CC1=C(c2cccc(OC3CCCCO3)c2)C(c2ccc(C)cc2)Oc2ccc3c(cnn3C3CCCCO3)c21. The summed E-state index contributed by atoms with van der Waals surface area (Å²) in [5.74, 6) is 1.70. The van der Waals surface area contributed by atoms with Crippen LogP contribution < -0.4 is 9.47 Å². The number of ether oxygens (including phenoxy) is 4. The van der Waals surface area contributed by atoms with E-state index in [1.165, 1.54) is 11.1 Å². The first-order valence-corrected chi connectivity index (χ1v) is 14.6. The van der Waals surface area contributed by atoms with Crippen molar-refractivity contribution in [2.24, 2.45) is 0 Å². The van der Waals surface area contributed by atoms with Crippen LogP contribution in [0.2, 0.25) is 0 Å². The standard InChI is InChI=1S/C34H36N2O4/c1-22-12-14-24(15-13-22)34-32(25-8-7-9-26(20-25)39-31-11-4-6-19-38-31)23(2)33-27-21-35-36(30-10-3-5-18-37-30)28(27)16-17-29(33)40-34/h7-9,12-17,20-21,30-31,34H,3-6,10-11,18-19H2,1-2H3. The average Bonchev–Trinajstić information content (AvgIpc) is 3.43. The summed E-state index contributed by atoms with van der Waals surface area (Å²) in [4.78, 5) is 0. The molecule has 1 aromatic heterocycles. The molecule has 3 aromatic carbocycles. The van der Waals surface area contributed by atoms with Gasteiger partial charge in [0.1, 0.15) is 17.6 Å². The summed E-state index contributed by atoms with van der Waals surface area (Å²) in [6.45, 7) is 5.86. The lowest BCUT2D eigenvalue weighted by atomic mass is 9.85. The van der Waals surface area contributed by atoms with E-state index in [2.05, 4.69) is 68.4 Å². The van der Waals surface area contributed by atoms with Crippen LogP contribution in [-0.2, 0) is 9.47 Å². The first-order chi connectivity index (χ1) is 19.7. The van der Waals surface area contributed by atoms with E-state index in [1.54, 1.807) is 0 Å². The molecule has 3 unspecified atom stereocenters. The molecule has 6 nitrogen and oxygen atoms in total. The topological polar surface area (TPSA) is 54.7 Å². The molecule has 206 valence electrons. The van der Waals surface area contributed by atoms with Crippen molar-refractivity contribution in [3.05, 3.63) is 89.1 Å². The maximum Gasteiger partial charge on any atom is 0.199 e. The minimum Gasteiger partial charge on any atom is -0.480 e. The number of benzene rings is 3. The minimum atomic E-state index is -0.247. The second kappa shape index (κ2) is 10.8. The quantitative estimate of drug-likeness (QED) is 0.259. The Bertz CT molecular complexity index is 1540. The van der Waals surface area contributed by atoms with Crippen LogP contribution >= 0.6 is 0 Å². The van der Waals surface area contributed by atoms with Gasteiger partial charge in [0.15, 0.2) is 12.5 Å². The van der Waals surface area contributed by atoms with Gasteiger partial charge in [0.25, 0.3) is 0 Å². The van der Waals surface area contributed by atoms with Crippen molar-refractivity contribution in [2.75, 3.05) is 13.2 Å². The molecule has 2 fully saturated rings. The fourth-order valence-corrected chi connectivity index (χ4v) is 6.29. The maximum atomic E-state index is 6.86. The predicted octanol–water partition coefficient (Wildman–Crippen LogP) is 8.01. The number of nitrogens with zero attached hydrogens (tertiary/aromatic N) is 2. The highest BCUT2D eigenvalue weighted by Gasteiger charge is 2.32. The van der Waals surface area contributed by atoms with Crippen LogP contribution in [0, 0.1) is 6.92 Å². The number of hydrogen-bond acceptors (Lipinski definition) is 5. The summed E-state index contributed by atoms with van der Waals surface area (Å²) in [5.41, 5.74) is 7.94. The Morgan fingerprint density at radius 1 is 0.875 bits per heavy atom. The van der Waals surface area contributed by atoms with E-state index in [4.69, 9.17) is 24.0 Å². The fraction of sp³-hybridized carbons (Fsp3) is 0.382. The summed E-state index contributed by atoms with van der Waals surface area (Å²) in [7, 11) is 0. The Balaban J connectivity index is 1.35. The van der Waals surface area contributed by atoms with Gasteiger partial charge in [-0.1, -0.05) is 42.0 Å². The van der Waals surface area contributed by atoms with E-state index in [1.807, 2.05) is 16.9 Å². The van der Waals surface area contributed by atoms with Crippen molar-refractivity contribution < 1.29 is 18.9 Å². The molecule has 40 heavy (non-hydrogen) atoms. The highest BCUT2D eigenvalue weighted by atomic mass is 16.7. The molecule has 0 N–H and O–H groups in total. The first kappa shape index (κ1) is 25.4. The number of rotatable bonds is 5. The van der Waals surface area contributed by atoms with E-state index < -0.39 is 0 Å². The molecule has 3 aliphatic heterocycles. The summed E-state index contributed by atoms with van der Waals surface area (Å²) >= 11 is 0. The second-order valence-electron chi connectivity index (χ2n) is 11.2. The summed E-state index contributed by atoms with van der Waals surface area (Å²) in [6, 6.07) is 21.2. The molecular formula is C34H36N2O4. The van der Waals surface area contributed by atoms with Gasteiger partial charge in [-0.15, -0.1) is 0 Å². The van der Waals surface area contributed by atoms with E-state index in [0.29, 0.717) is 0 Å². The van der Waals surface area contributed by atoms with Crippen molar-refractivity contribution in [1.29, 1.82) is 0 Å². The van der Waals surface area contributed by atoms with Gasteiger partial charge < -0.3 is 18.9 Å². The van der Waals surface area contributed by atoms with Crippen molar-refractivity contribution in [3.8, 4) is 11.5 Å². The number of aromatic nitrogens is 2. The van der Waals surface area contributed by atoms with Gasteiger partial charge in [-0.2, -0.15) is 5.10 Å². The number of fused-ring (bicyclic) bond motifs is 3. The average molecular weight is 537 g/mol. The van der Waals surface area contributed by atoms with E-state index in [-0.39, 0.29) is 18.6 Å². The zero-order valence-electron chi connectivity index (χ0n) is 23.3. The Hall–Kier alpha value is -3.61. The minimum absolute atomic E-state index is 0.0197. The van der Waals surface area contributed by atoms with E-state index in [0.717, 1.165) is 96.4 Å². The van der Waals surface area contributed by atoms with Gasteiger partial charge in [0.05, 0.1) is 18.3 Å². The van der Waals surface area contributed by atoms with Crippen LogP contribution in [0.4, 0.5) is 0 Å². The molecule has 4 aromatic rings. The van der Waals surface area contributed by atoms with E-state index in [9.17, 15) is 0 Å². The summed E-state index contributed by atoms with van der Waals surface area (Å²) in [6.07, 6.45) is 7.91. The van der Waals surface area contributed by atoms with Crippen molar-refractivity contribution >= 4 is 22.0 Å². The van der Waals surface area contributed by atoms with Crippen LogP contribution in [0.3, 0.4) is 0 Å². The lowest BCUT2D eigenvalue weighted by Crippen LogP contribution is -2.25. The van der Waals surface area contributed by atoms with Crippen LogP contribution in [0.5, 0.6) is 11.5 Å². The largest absolute Gasteiger partial charge is 0.480 e. The smallest absolute Gasteiger partial charge is 0.199 e. The number of aryl methyl sites for hydroxylation is 1. The Kier molecular flexibility index (Phi) is 6.82. The molecule has 0 radical (unpaired) electrons. The monoisotopic (exact) mass is 536 g/mol. The van der Waals surface area contributed by atoms with Gasteiger partial charge >= 0.3 is 0 Å². The summed E-state index contributed by atoms with van der Waals surface area (Å²) in [5, 5.41) is 5.89. The molecule has 0 spiro atoms. The molecule has 0 bridgehead atoms. The van der Waals surface area contributed by atoms with Crippen molar-refractivity contribution in [3.63, 3.8) is 0 Å². The van der Waals surface area contributed by atoms with Crippen molar-refractivity contribution in [1.82, 2.24) is 9.78 Å². The molecule has 3 atom stereocenters. The number of allylic oxidation sites excluding steroid dienone is 1. The molecule has 0 amide bonds. The summed E-state index contributed by atoms with van der Waals surface area (Å²) < 4.78 is 27.1. The zero-order chi connectivity index (χ0) is 27.1. The third-order valence-corrected chi connectivity index (χ3v) is 8.39. The Morgan fingerprint density at radius 2 is 1.70 bits per heavy atom. The molecule has 7 rings (SSSR count). The molecule has 4 heterocycles. The maximum absolute atomic E-state index is 6.86. The first-order valence-electron chi connectivity index (χ1n) is 14.6. The van der Waals surface area contributed by atoms with Crippen LogP contribution in [0.25, 0.3) is 22.0 Å². The van der Waals surface area contributed by atoms with Gasteiger partial charge in [-0.3, -0.25) is 0 Å². The predicted molar refractivity (Wildman–Crippen MR) is 156 cm³/mol. The lowest BCUT2D eigenvalue weighted by molar-refractivity contribution is -0.105. The third kappa shape index (κ3) is 4.69. The van der Waals surface area contributed by atoms with Crippen LogP contribution in [-0.4, -0.2) is 29.3 Å². The van der Waals surface area contributed by atoms with Gasteiger partial charge in [-0.05, 0) is 86.9 Å². The molecule has 2 saturated heterocycles. The van der Waals surface area contributed by atoms with Gasteiger partial charge in [0.2, 0.25) is 0 Å². The normalized spacial score (nSPS) is 23.1. The fourth-order valence-electron chi connectivity index (χ4n) is 6.29. The molecular weight excluding hydrogens is 500 g/mol. The Morgan fingerprint density at radius 3 is 2.48 bits per heavy atom. The van der Waals surface area contributed by atoms with Crippen LogP contribution in [0.1, 0.15) is 80.0 Å². The van der Waals surface area contributed by atoms with E-state index >= 15 is 0 Å². The molecule has 3 aliphatic rings. The van der Waals surface area contributed by atoms with Gasteiger partial charge in [0, 0.05) is 29.6 Å². The Labute approximate surface area is 235 Å². The van der Waals surface area contributed by atoms with Gasteiger partial charge in [-0.25, -0.2) is 4.68 Å². The highest BCUT2D eigenvalue weighted by molar-refractivity contribution is 6.04. The zero-order valence-corrected chi connectivity index (χ0v) is 23.3. The second-order valence-corrected chi connectivity index (χ2v) is 11.2. The lowest BCUT2D eigenvalue weighted by Gasteiger charge is -2.32. The molecule has 0 saturated carbocycles. The van der Waals surface area contributed by atoms with Crippen molar-refractivity contribution in [2.45, 2.75) is 71.0 Å². The number of hydrogen-bond donors (Lipinski definition) is 0. The molecule has 6 heteroatoms. The highest BCUT2D eigenvalue weighted by Crippen LogP contribution is 2.49. The third-order valence-electron chi connectivity index (χ3n) is 8.39.